The van der Waals surface area contributed by atoms with E-state index in [2.05, 4.69) is 36.4 Å². The van der Waals surface area contributed by atoms with E-state index >= 15 is 0 Å². The Morgan fingerprint density at radius 2 is 2.19 bits per heavy atom. The molecule has 0 fully saturated rings. The van der Waals surface area contributed by atoms with Gasteiger partial charge < -0.3 is 0 Å². The first-order valence-electron chi connectivity index (χ1n) is 4.61. The lowest BCUT2D eigenvalue weighted by molar-refractivity contribution is 0.102. The van der Waals surface area contributed by atoms with Crippen molar-refractivity contribution in [2.75, 3.05) is 5.32 Å². The van der Waals surface area contributed by atoms with Gasteiger partial charge in [-0.05, 0) is 35.0 Å². The Morgan fingerprint density at radius 1 is 1.44 bits per heavy atom. The summed E-state index contributed by atoms with van der Waals surface area (Å²) in [5.74, 6) is 0.687. The average Bonchev–Trinajstić information content (AvgIpc) is 2.64. The normalized spacial score (nSPS) is 10.1. The molecule has 1 amide bonds. The minimum absolute atomic E-state index is 0.244. The van der Waals surface area contributed by atoms with Gasteiger partial charge in [-0.3, -0.25) is 15.2 Å². The van der Waals surface area contributed by atoms with Crippen LogP contribution in [0.1, 0.15) is 16.2 Å². The van der Waals surface area contributed by atoms with E-state index in [1.54, 1.807) is 25.1 Å². The second-order valence-corrected chi connectivity index (χ2v) is 4.03. The Morgan fingerprint density at radius 3 is 2.81 bits per heavy atom. The first kappa shape index (κ1) is 10.8. The molecule has 0 spiro atoms. The van der Waals surface area contributed by atoms with Crippen molar-refractivity contribution in [2.45, 2.75) is 6.92 Å². The molecule has 5 nitrogen and oxygen atoms in total. The first-order chi connectivity index (χ1) is 7.66. The Hall–Kier alpha value is -1.69. The first-order valence-corrected chi connectivity index (χ1v) is 5.41. The molecule has 1 aromatic heterocycles. The lowest BCUT2D eigenvalue weighted by Crippen LogP contribution is -2.13. The summed E-state index contributed by atoms with van der Waals surface area (Å²) in [7, 11) is 0. The molecule has 0 atom stereocenters. The molecule has 6 heteroatoms. The van der Waals surface area contributed by atoms with Crippen LogP contribution in [0, 0.1) is 6.92 Å². The van der Waals surface area contributed by atoms with Crippen molar-refractivity contribution in [2.24, 2.45) is 0 Å². The molecule has 2 rings (SSSR count). The summed E-state index contributed by atoms with van der Waals surface area (Å²) in [5.41, 5.74) is 0.546. The SMILES string of the molecule is Cc1nc(NC(=O)c2ccccc2Br)n[nH]1. The lowest BCUT2D eigenvalue weighted by atomic mass is 10.2. The van der Waals surface area contributed by atoms with Gasteiger partial charge in [-0.25, -0.2) is 0 Å². The maximum atomic E-state index is 11.8. The minimum atomic E-state index is -0.244. The van der Waals surface area contributed by atoms with Crippen molar-refractivity contribution < 1.29 is 4.79 Å². The van der Waals surface area contributed by atoms with Crippen LogP contribution in [0.25, 0.3) is 0 Å². The third kappa shape index (κ3) is 2.27. The highest BCUT2D eigenvalue weighted by Crippen LogP contribution is 2.16. The third-order valence-electron chi connectivity index (χ3n) is 1.94. The Labute approximate surface area is 100 Å². The fourth-order valence-corrected chi connectivity index (χ4v) is 1.68. The zero-order valence-electron chi connectivity index (χ0n) is 8.49. The van der Waals surface area contributed by atoms with Crippen LogP contribution >= 0.6 is 15.9 Å². The van der Waals surface area contributed by atoms with Crippen molar-refractivity contribution >= 4 is 27.8 Å². The molecular formula is C10H9BrN4O. The summed E-state index contributed by atoms with van der Waals surface area (Å²) < 4.78 is 0.736. The molecule has 0 radical (unpaired) electrons. The number of hydrogen-bond donors (Lipinski definition) is 2. The second kappa shape index (κ2) is 4.44. The van der Waals surface area contributed by atoms with Crippen molar-refractivity contribution in [3.05, 3.63) is 40.1 Å². The van der Waals surface area contributed by atoms with Gasteiger partial charge in [0.15, 0.2) is 0 Å². The quantitative estimate of drug-likeness (QED) is 0.885. The van der Waals surface area contributed by atoms with Crippen LogP contribution in [-0.2, 0) is 0 Å². The molecule has 16 heavy (non-hydrogen) atoms. The van der Waals surface area contributed by atoms with Crippen LogP contribution in [0.5, 0.6) is 0 Å². The summed E-state index contributed by atoms with van der Waals surface area (Å²) in [4.78, 5) is 15.8. The van der Waals surface area contributed by atoms with E-state index < -0.39 is 0 Å². The molecule has 82 valence electrons. The van der Waals surface area contributed by atoms with E-state index in [1.807, 2.05) is 6.07 Å². The number of nitrogens with one attached hydrogen (secondary N) is 2. The topological polar surface area (TPSA) is 70.7 Å². The number of anilines is 1. The Bertz CT molecular complexity index is 523. The van der Waals surface area contributed by atoms with Gasteiger partial charge in [0, 0.05) is 4.47 Å². The van der Waals surface area contributed by atoms with Crippen LogP contribution in [-0.4, -0.2) is 21.1 Å². The van der Waals surface area contributed by atoms with Gasteiger partial charge >= 0.3 is 0 Å². The van der Waals surface area contributed by atoms with Crippen LogP contribution in [0.3, 0.4) is 0 Å². The number of halogens is 1. The average molecular weight is 281 g/mol. The smallest absolute Gasteiger partial charge is 0.259 e. The van der Waals surface area contributed by atoms with Gasteiger partial charge in [0.1, 0.15) is 5.82 Å². The molecule has 0 saturated carbocycles. The number of aromatic amines is 1. The molecule has 1 heterocycles. The fourth-order valence-electron chi connectivity index (χ4n) is 1.21. The van der Waals surface area contributed by atoms with Crippen LogP contribution in [0.15, 0.2) is 28.7 Å². The number of aryl methyl sites for hydroxylation is 1. The van der Waals surface area contributed by atoms with E-state index in [4.69, 9.17) is 0 Å². The van der Waals surface area contributed by atoms with Gasteiger partial charge in [0.25, 0.3) is 5.91 Å². The predicted molar refractivity (Wildman–Crippen MR) is 63.2 cm³/mol. The van der Waals surface area contributed by atoms with E-state index in [0.29, 0.717) is 11.4 Å². The zero-order chi connectivity index (χ0) is 11.5. The van der Waals surface area contributed by atoms with Gasteiger partial charge in [0.05, 0.1) is 5.56 Å². The zero-order valence-corrected chi connectivity index (χ0v) is 10.1. The number of amides is 1. The molecular weight excluding hydrogens is 272 g/mol. The summed E-state index contributed by atoms with van der Waals surface area (Å²) >= 11 is 3.31. The second-order valence-electron chi connectivity index (χ2n) is 3.18. The van der Waals surface area contributed by atoms with Crippen LogP contribution in [0.4, 0.5) is 5.95 Å². The molecule has 2 aromatic rings. The number of carbonyl (C=O) groups is 1. The molecule has 0 bridgehead atoms. The molecule has 2 N–H and O–H groups in total. The van der Waals surface area contributed by atoms with Gasteiger partial charge in [-0.1, -0.05) is 12.1 Å². The van der Waals surface area contributed by atoms with Crippen molar-refractivity contribution in [3.63, 3.8) is 0 Å². The minimum Gasteiger partial charge on any atom is -0.289 e. The fraction of sp³-hybridized carbons (Fsp3) is 0.100. The Balaban J connectivity index is 2.18. The molecule has 0 aliphatic heterocycles. The third-order valence-corrected chi connectivity index (χ3v) is 2.63. The number of aromatic nitrogens is 3. The van der Waals surface area contributed by atoms with Crippen LogP contribution in [0.2, 0.25) is 0 Å². The largest absolute Gasteiger partial charge is 0.289 e. The van der Waals surface area contributed by atoms with Gasteiger partial charge in [-0.2, -0.15) is 4.98 Å². The molecule has 0 unspecified atom stereocenters. The molecule has 1 aromatic carbocycles. The molecule has 0 aliphatic carbocycles. The van der Waals surface area contributed by atoms with Crippen molar-refractivity contribution in [1.29, 1.82) is 0 Å². The summed E-state index contributed by atoms with van der Waals surface area (Å²) in [6.45, 7) is 1.76. The molecule has 0 aliphatic rings. The van der Waals surface area contributed by atoms with Crippen LogP contribution < -0.4 is 5.32 Å². The summed E-state index contributed by atoms with van der Waals surface area (Å²) in [5, 5.41) is 9.08. The monoisotopic (exact) mass is 280 g/mol. The van der Waals surface area contributed by atoms with E-state index in [-0.39, 0.29) is 11.9 Å². The summed E-state index contributed by atoms with van der Waals surface area (Å²) in [6, 6.07) is 7.16. The van der Waals surface area contributed by atoms with E-state index in [9.17, 15) is 4.79 Å². The van der Waals surface area contributed by atoms with Crippen molar-refractivity contribution in [1.82, 2.24) is 15.2 Å². The highest BCUT2D eigenvalue weighted by molar-refractivity contribution is 9.10. The predicted octanol–water partition coefficient (Wildman–Crippen LogP) is 2.13. The standard InChI is InChI=1S/C10H9BrN4O/c1-6-12-10(15-14-6)13-9(16)7-4-2-3-5-8(7)11/h2-5H,1H3,(H2,12,13,14,15,16). The number of benzene rings is 1. The maximum absolute atomic E-state index is 11.8. The number of nitrogens with zero attached hydrogens (tertiary/aromatic N) is 2. The number of carbonyl (C=O) groups excluding carboxylic acids is 1. The van der Waals surface area contributed by atoms with Gasteiger partial charge in [-0.15, -0.1) is 5.10 Å². The lowest BCUT2D eigenvalue weighted by Gasteiger charge is -2.02. The van der Waals surface area contributed by atoms with E-state index in [0.717, 1.165) is 4.47 Å². The number of hydrogen-bond acceptors (Lipinski definition) is 3. The number of rotatable bonds is 2. The van der Waals surface area contributed by atoms with Gasteiger partial charge in [0.2, 0.25) is 5.95 Å². The maximum Gasteiger partial charge on any atom is 0.259 e. The number of H-pyrrole nitrogens is 1. The van der Waals surface area contributed by atoms with Crippen molar-refractivity contribution in [3.8, 4) is 0 Å². The Kier molecular flexibility index (Phi) is 3.00. The highest BCUT2D eigenvalue weighted by atomic mass is 79.9. The van der Waals surface area contributed by atoms with E-state index in [1.165, 1.54) is 0 Å². The molecule has 0 saturated heterocycles. The summed E-state index contributed by atoms with van der Waals surface area (Å²) in [6.07, 6.45) is 0. The highest BCUT2D eigenvalue weighted by Gasteiger charge is 2.11.